The van der Waals surface area contributed by atoms with Gasteiger partial charge in [-0.25, -0.2) is 0 Å². The molecule has 1 aromatic heterocycles. The topological polar surface area (TPSA) is 68.8 Å². The Balaban J connectivity index is 0.00000180. The monoisotopic (exact) mass is 581 g/mol. The number of anilines is 1. The fraction of sp³-hybridized carbons (Fsp3) is 0.286. The standard InChI is InChI=1S/C27H28ClN3O3.CH3.Y/c1-16-5-4-6-20-24(32)13-23-26(25(16)20)18(14-28)15-31(23)27(33)22-12-17-11-19(7-8-21(17)29-22)34-10-9-30(2)3;;/h4-8,11-13,18,29,32H,9-10,14-15H2,1-3H3;1H3;/q;-1;/t18-;;/m1../s1. The summed E-state index contributed by atoms with van der Waals surface area (Å²) in [6, 6.07) is 15.2. The minimum absolute atomic E-state index is 0. The van der Waals surface area contributed by atoms with Gasteiger partial charge in [0, 0.05) is 80.0 Å². The van der Waals surface area contributed by atoms with Gasteiger partial charge in [-0.3, -0.25) is 4.79 Å². The number of nitrogens with zero attached hydrogens (tertiary/aromatic N) is 2. The Morgan fingerprint density at radius 1 is 1.22 bits per heavy atom. The van der Waals surface area contributed by atoms with Crippen LogP contribution in [0.2, 0.25) is 0 Å². The number of carbonyl (C=O) groups is 1. The van der Waals surface area contributed by atoms with E-state index in [1.807, 2.05) is 63.5 Å². The molecule has 1 atom stereocenters. The van der Waals surface area contributed by atoms with Crippen LogP contribution in [0.1, 0.15) is 27.5 Å². The van der Waals surface area contributed by atoms with Crippen LogP contribution < -0.4 is 9.64 Å². The van der Waals surface area contributed by atoms with Gasteiger partial charge < -0.3 is 32.1 Å². The number of fused-ring (bicyclic) bond motifs is 4. The molecule has 1 radical (unpaired) electrons. The predicted octanol–water partition coefficient (Wildman–Crippen LogP) is 5.71. The Bertz CT molecular complexity index is 1400. The number of halogens is 1. The van der Waals surface area contributed by atoms with Crippen molar-refractivity contribution in [2.24, 2.45) is 0 Å². The van der Waals surface area contributed by atoms with Gasteiger partial charge in [-0.05, 0) is 61.8 Å². The number of nitrogens with one attached hydrogen (secondary N) is 1. The van der Waals surface area contributed by atoms with E-state index >= 15 is 0 Å². The van der Waals surface area contributed by atoms with Crippen LogP contribution in [0.25, 0.3) is 21.7 Å². The normalized spacial score (nSPS) is 14.6. The number of alkyl halides is 1. The number of aromatic amines is 1. The molecule has 0 saturated heterocycles. The van der Waals surface area contributed by atoms with E-state index in [0.29, 0.717) is 24.7 Å². The maximum Gasteiger partial charge on any atom is 0.274 e. The molecular weight excluding hydrogens is 551 g/mol. The zero-order valence-corrected chi connectivity index (χ0v) is 24.7. The van der Waals surface area contributed by atoms with Gasteiger partial charge in [-0.15, -0.1) is 11.6 Å². The van der Waals surface area contributed by atoms with E-state index in [9.17, 15) is 9.90 Å². The maximum absolute atomic E-state index is 13.6. The number of ether oxygens (including phenoxy) is 1. The van der Waals surface area contributed by atoms with Crippen LogP contribution in [0, 0.1) is 14.4 Å². The van der Waals surface area contributed by atoms with E-state index in [-0.39, 0.29) is 57.7 Å². The average Bonchev–Trinajstić information content (AvgIpc) is 3.40. The molecule has 0 fully saturated rings. The fourth-order valence-corrected chi connectivity index (χ4v) is 5.08. The molecule has 2 heterocycles. The van der Waals surface area contributed by atoms with Crippen LogP contribution in [0.15, 0.2) is 48.5 Å². The van der Waals surface area contributed by atoms with Crippen molar-refractivity contribution in [3.63, 3.8) is 0 Å². The van der Waals surface area contributed by atoms with Crippen molar-refractivity contribution in [1.29, 1.82) is 0 Å². The Kier molecular flexibility index (Phi) is 9.10. The van der Waals surface area contributed by atoms with Gasteiger partial charge in [-0.1, -0.05) is 18.2 Å². The Labute approximate surface area is 242 Å². The predicted molar refractivity (Wildman–Crippen MR) is 144 cm³/mol. The van der Waals surface area contributed by atoms with Crippen LogP contribution >= 0.6 is 11.6 Å². The number of likely N-dealkylation sites (N-methyl/N-ethyl adjacent to an activating group) is 1. The Morgan fingerprint density at radius 3 is 2.72 bits per heavy atom. The van der Waals surface area contributed by atoms with Crippen molar-refractivity contribution in [2.75, 3.05) is 44.6 Å². The second kappa shape index (κ2) is 11.5. The van der Waals surface area contributed by atoms with E-state index in [1.165, 1.54) is 0 Å². The number of hydrogen-bond donors (Lipinski definition) is 2. The number of aromatic nitrogens is 1. The molecule has 0 aliphatic carbocycles. The molecule has 8 heteroatoms. The van der Waals surface area contributed by atoms with Crippen molar-refractivity contribution in [3.8, 4) is 11.5 Å². The number of phenolic OH excluding ortho intramolecular Hbond substituents is 1. The number of phenols is 1. The molecule has 0 spiro atoms. The summed E-state index contributed by atoms with van der Waals surface area (Å²) in [5.74, 6) is 1.18. The fourth-order valence-electron chi connectivity index (χ4n) is 4.82. The number of aromatic hydroxyl groups is 1. The third kappa shape index (κ3) is 5.14. The largest absolute Gasteiger partial charge is 0.507 e. The van der Waals surface area contributed by atoms with Crippen LogP contribution in [-0.4, -0.2) is 60.6 Å². The summed E-state index contributed by atoms with van der Waals surface area (Å²) in [4.78, 5) is 20.7. The van der Waals surface area contributed by atoms with Crippen molar-refractivity contribution >= 4 is 44.9 Å². The van der Waals surface area contributed by atoms with Gasteiger partial charge in [0.15, 0.2) is 0 Å². The van der Waals surface area contributed by atoms with E-state index in [1.54, 1.807) is 11.0 Å². The Hall–Kier alpha value is -2.12. The van der Waals surface area contributed by atoms with Crippen molar-refractivity contribution in [2.45, 2.75) is 12.8 Å². The first-order valence-electron chi connectivity index (χ1n) is 11.4. The molecule has 36 heavy (non-hydrogen) atoms. The molecule has 2 N–H and O–H groups in total. The van der Waals surface area contributed by atoms with E-state index in [2.05, 4.69) is 9.88 Å². The maximum atomic E-state index is 13.6. The number of carbonyl (C=O) groups excluding carboxylic acids is 1. The third-order valence-corrected chi connectivity index (χ3v) is 6.90. The molecule has 1 amide bonds. The van der Waals surface area contributed by atoms with Crippen LogP contribution in [0.5, 0.6) is 11.5 Å². The molecule has 3 aromatic carbocycles. The molecule has 4 aromatic rings. The molecule has 5 rings (SSSR count). The van der Waals surface area contributed by atoms with Gasteiger partial charge >= 0.3 is 0 Å². The SMILES string of the molecule is Cc1cccc2c(O)cc3c(c12)[C@H](CCl)CN3C(=O)c1cc2cc(OCCN(C)C)ccc2[nH]1.[CH3-].[Y]. The van der Waals surface area contributed by atoms with Gasteiger partial charge in [0.25, 0.3) is 5.91 Å². The first kappa shape index (κ1) is 28.5. The van der Waals surface area contributed by atoms with E-state index in [0.717, 1.165) is 50.8 Å². The summed E-state index contributed by atoms with van der Waals surface area (Å²) in [6.07, 6.45) is 0. The van der Waals surface area contributed by atoms with Crippen molar-refractivity contribution in [3.05, 3.63) is 72.8 Å². The van der Waals surface area contributed by atoms with Crippen LogP contribution in [0.3, 0.4) is 0 Å². The van der Waals surface area contributed by atoms with Crippen LogP contribution in [-0.2, 0) is 32.7 Å². The second-order valence-corrected chi connectivity index (χ2v) is 9.49. The van der Waals surface area contributed by atoms with Gasteiger partial charge in [0.05, 0.1) is 5.69 Å². The third-order valence-electron chi connectivity index (χ3n) is 6.53. The van der Waals surface area contributed by atoms with Gasteiger partial charge in [0.2, 0.25) is 0 Å². The minimum atomic E-state index is -0.146. The minimum Gasteiger partial charge on any atom is -0.507 e. The zero-order valence-electron chi connectivity index (χ0n) is 21.1. The summed E-state index contributed by atoms with van der Waals surface area (Å²) >= 11 is 6.36. The number of amides is 1. The molecule has 0 bridgehead atoms. The quantitative estimate of drug-likeness (QED) is 0.226. The van der Waals surface area contributed by atoms with Gasteiger partial charge in [-0.2, -0.15) is 0 Å². The first-order valence-corrected chi connectivity index (χ1v) is 11.9. The second-order valence-electron chi connectivity index (χ2n) is 9.18. The molecule has 0 saturated carbocycles. The molecular formula is C28H31ClN3O3Y-. The van der Waals surface area contributed by atoms with Crippen molar-refractivity contribution < 1.29 is 47.3 Å². The molecule has 187 valence electrons. The first-order chi connectivity index (χ1) is 16.4. The molecule has 1 aliphatic rings. The summed E-state index contributed by atoms with van der Waals surface area (Å²) < 4.78 is 5.84. The zero-order chi connectivity index (χ0) is 24.0. The molecule has 6 nitrogen and oxygen atoms in total. The average molecular weight is 582 g/mol. The molecule has 1 aliphatic heterocycles. The number of benzene rings is 3. The number of rotatable bonds is 6. The summed E-state index contributed by atoms with van der Waals surface area (Å²) in [6.45, 7) is 3.91. The van der Waals surface area contributed by atoms with Gasteiger partial charge in [0.1, 0.15) is 23.8 Å². The summed E-state index contributed by atoms with van der Waals surface area (Å²) in [5, 5.41) is 13.4. The number of hydrogen-bond acceptors (Lipinski definition) is 4. The molecule has 0 unspecified atom stereocenters. The van der Waals surface area contributed by atoms with Crippen molar-refractivity contribution in [1.82, 2.24) is 9.88 Å². The van der Waals surface area contributed by atoms with E-state index < -0.39 is 0 Å². The van der Waals surface area contributed by atoms with Crippen LogP contribution in [0.4, 0.5) is 5.69 Å². The number of H-pyrrole nitrogens is 1. The summed E-state index contributed by atoms with van der Waals surface area (Å²) in [7, 11) is 4.01. The number of aryl methyl sites for hydroxylation is 1. The summed E-state index contributed by atoms with van der Waals surface area (Å²) in [5.41, 5.74) is 4.17. The smallest absolute Gasteiger partial charge is 0.274 e. The Morgan fingerprint density at radius 2 is 2.00 bits per heavy atom. The van der Waals surface area contributed by atoms with E-state index in [4.69, 9.17) is 16.3 Å².